The maximum atomic E-state index is 2.43. The predicted octanol–water partition coefficient (Wildman–Crippen LogP) is 15.6. The molecule has 0 saturated heterocycles. The Balaban J connectivity index is 1.16. The van der Waals surface area contributed by atoms with E-state index in [-0.39, 0.29) is 0 Å². The van der Waals surface area contributed by atoms with Gasteiger partial charge in [0.2, 0.25) is 0 Å². The number of nitrogens with zero attached hydrogens (tertiary/aromatic N) is 2. The number of benzene rings is 10. The van der Waals surface area contributed by atoms with Crippen molar-refractivity contribution in [1.29, 1.82) is 0 Å². The first-order valence-corrected chi connectivity index (χ1v) is 19.9. The SMILES string of the molecule is c1ccc(-c2cc(-c3ccccc3)cc(N(c3cccc(-c4cccc5c4c4cc6ccccc6cc4n5-c4ccccc4)c3)c3ccc4ccccc4c3)c2)cc1. The molecule has 0 fully saturated rings. The lowest BCUT2D eigenvalue weighted by Gasteiger charge is -2.28. The summed E-state index contributed by atoms with van der Waals surface area (Å²) in [7, 11) is 0. The molecule has 58 heavy (non-hydrogen) atoms. The summed E-state index contributed by atoms with van der Waals surface area (Å²) < 4.78 is 2.42. The summed E-state index contributed by atoms with van der Waals surface area (Å²) >= 11 is 0. The van der Waals surface area contributed by atoms with Crippen molar-refractivity contribution in [2.24, 2.45) is 0 Å². The standard InChI is InChI=1S/C56H38N2/c1-4-16-39(17-5-1)46-32-47(40-18-6-2-7-19-40)36-51(35-46)57(50-31-30-41-20-10-11-21-42(41)33-50)49-27-14-24-45(34-49)52-28-15-29-54-56(52)53-37-43-22-12-13-23-44(43)38-55(53)58(54)48-25-8-3-9-26-48/h1-38H. The Kier molecular flexibility index (Phi) is 8.19. The van der Waals surface area contributed by atoms with Crippen molar-refractivity contribution in [2.75, 3.05) is 4.90 Å². The molecule has 1 heterocycles. The Labute approximate surface area is 338 Å². The minimum absolute atomic E-state index is 1.09. The Hall–Kier alpha value is -7.68. The Morgan fingerprint density at radius 3 is 1.52 bits per heavy atom. The van der Waals surface area contributed by atoms with Crippen LogP contribution in [0.2, 0.25) is 0 Å². The second-order valence-corrected chi connectivity index (χ2v) is 15.0. The van der Waals surface area contributed by atoms with Crippen LogP contribution in [-0.2, 0) is 0 Å². The molecule has 10 aromatic carbocycles. The molecule has 0 aliphatic carbocycles. The van der Waals surface area contributed by atoms with Gasteiger partial charge in [0, 0.05) is 33.5 Å². The van der Waals surface area contributed by atoms with Crippen LogP contribution in [0, 0.1) is 0 Å². The van der Waals surface area contributed by atoms with Crippen molar-refractivity contribution < 1.29 is 0 Å². The van der Waals surface area contributed by atoms with E-state index in [1.54, 1.807) is 0 Å². The highest BCUT2D eigenvalue weighted by Gasteiger charge is 2.20. The van der Waals surface area contributed by atoms with Gasteiger partial charge >= 0.3 is 0 Å². The molecule has 0 saturated carbocycles. The third kappa shape index (κ3) is 5.91. The van der Waals surface area contributed by atoms with Crippen molar-refractivity contribution >= 4 is 60.4 Å². The summed E-state index contributed by atoms with van der Waals surface area (Å²) in [5, 5.41) is 7.39. The molecule has 0 radical (unpaired) electrons. The molecule has 2 heteroatoms. The minimum Gasteiger partial charge on any atom is -0.310 e. The average Bonchev–Trinajstić information content (AvgIpc) is 3.62. The molecular weight excluding hydrogens is 701 g/mol. The van der Waals surface area contributed by atoms with E-state index in [2.05, 4.69) is 240 Å². The molecule has 0 aliphatic rings. The fraction of sp³-hybridized carbons (Fsp3) is 0. The van der Waals surface area contributed by atoms with E-state index < -0.39 is 0 Å². The smallest absolute Gasteiger partial charge is 0.0547 e. The first-order chi connectivity index (χ1) is 28.7. The summed E-state index contributed by atoms with van der Waals surface area (Å²) in [6.07, 6.45) is 0. The molecule has 11 aromatic rings. The van der Waals surface area contributed by atoms with Gasteiger partial charge < -0.3 is 9.47 Å². The van der Waals surface area contributed by atoms with Crippen LogP contribution < -0.4 is 4.90 Å². The lowest BCUT2D eigenvalue weighted by molar-refractivity contribution is 1.18. The summed E-state index contributed by atoms with van der Waals surface area (Å²) in [5.41, 5.74) is 13.9. The largest absolute Gasteiger partial charge is 0.310 e. The van der Waals surface area contributed by atoms with Crippen LogP contribution in [0.15, 0.2) is 231 Å². The molecule has 2 nitrogen and oxygen atoms in total. The number of anilines is 3. The second kappa shape index (κ2) is 14.1. The van der Waals surface area contributed by atoms with Gasteiger partial charge in [-0.1, -0.05) is 158 Å². The number of hydrogen-bond acceptors (Lipinski definition) is 1. The van der Waals surface area contributed by atoms with Crippen LogP contribution in [0.1, 0.15) is 0 Å². The molecule has 0 unspecified atom stereocenters. The Morgan fingerprint density at radius 1 is 0.293 bits per heavy atom. The number of rotatable bonds is 7. The topological polar surface area (TPSA) is 8.17 Å². The molecule has 0 spiro atoms. The zero-order valence-electron chi connectivity index (χ0n) is 31.8. The Morgan fingerprint density at radius 2 is 0.828 bits per heavy atom. The van der Waals surface area contributed by atoms with Crippen molar-refractivity contribution in [3.05, 3.63) is 231 Å². The van der Waals surface area contributed by atoms with E-state index in [4.69, 9.17) is 0 Å². The highest BCUT2D eigenvalue weighted by molar-refractivity contribution is 6.18. The van der Waals surface area contributed by atoms with E-state index in [1.807, 2.05) is 0 Å². The maximum Gasteiger partial charge on any atom is 0.0547 e. The quantitative estimate of drug-likeness (QED) is 0.158. The van der Waals surface area contributed by atoms with Gasteiger partial charge in [-0.2, -0.15) is 0 Å². The van der Waals surface area contributed by atoms with Crippen molar-refractivity contribution in [3.63, 3.8) is 0 Å². The van der Waals surface area contributed by atoms with E-state index in [9.17, 15) is 0 Å². The molecule has 272 valence electrons. The molecule has 0 atom stereocenters. The molecule has 0 N–H and O–H groups in total. The van der Waals surface area contributed by atoms with Gasteiger partial charge in [0.15, 0.2) is 0 Å². The minimum atomic E-state index is 1.09. The summed E-state index contributed by atoms with van der Waals surface area (Å²) in [5.74, 6) is 0. The first kappa shape index (κ1) is 33.6. The van der Waals surface area contributed by atoms with E-state index in [0.717, 1.165) is 28.3 Å². The molecule has 0 amide bonds. The third-order valence-corrected chi connectivity index (χ3v) is 11.5. The first-order valence-electron chi connectivity index (χ1n) is 19.9. The normalized spacial score (nSPS) is 11.4. The number of hydrogen-bond donors (Lipinski definition) is 0. The molecular formula is C56H38N2. The summed E-state index contributed by atoms with van der Waals surface area (Å²) in [6.45, 7) is 0. The number of aromatic nitrogens is 1. The van der Waals surface area contributed by atoms with Gasteiger partial charge in [-0.05, 0) is 128 Å². The highest BCUT2D eigenvalue weighted by atomic mass is 15.1. The fourth-order valence-electron chi connectivity index (χ4n) is 8.76. The van der Waals surface area contributed by atoms with Crippen LogP contribution in [0.5, 0.6) is 0 Å². The van der Waals surface area contributed by atoms with Gasteiger partial charge in [-0.3, -0.25) is 0 Å². The highest BCUT2D eigenvalue weighted by Crippen LogP contribution is 2.44. The molecule has 11 rings (SSSR count). The summed E-state index contributed by atoms with van der Waals surface area (Å²) in [4.78, 5) is 2.43. The van der Waals surface area contributed by atoms with Crippen LogP contribution >= 0.6 is 0 Å². The zero-order valence-corrected chi connectivity index (χ0v) is 31.8. The number of fused-ring (bicyclic) bond motifs is 5. The lowest BCUT2D eigenvalue weighted by atomic mass is 9.96. The van der Waals surface area contributed by atoms with Gasteiger partial charge in [-0.25, -0.2) is 0 Å². The summed E-state index contributed by atoms with van der Waals surface area (Å²) in [6, 6.07) is 83.9. The second-order valence-electron chi connectivity index (χ2n) is 15.0. The van der Waals surface area contributed by atoms with Crippen LogP contribution in [0.3, 0.4) is 0 Å². The lowest BCUT2D eigenvalue weighted by Crippen LogP contribution is -2.10. The van der Waals surface area contributed by atoms with E-state index in [0.29, 0.717) is 0 Å². The fourth-order valence-corrected chi connectivity index (χ4v) is 8.76. The predicted molar refractivity (Wildman–Crippen MR) is 247 cm³/mol. The van der Waals surface area contributed by atoms with Crippen LogP contribution in [0.4, 0.5) is 17.1 Å². The van der Waals surface area contributed by atoms with E-state index >= 15 is 0 Å². The number of para-hydroxylation sites is 1. The monoisotopic (exact) mass is 738 g/mol. The van der Waals surface area contributed by atoms with Crippen molar-refractivity contribution in [2.45, 2.75) is 0 Å². The van der Waals surface area contributed by atoms with E-state index in [1.165, 1.54) is 71.2 Å². The van der Waals surface area contributed by atoms with Crippen molar-refractivity contribution in [1.82, 2.24) is 4.57 Å². The molecule has 1 aromatic heterocycles. The third-order valence-electron chi connectivity index (χ3n) is 11.5. The average molecular weight is 739 g/mol. The van der Waals surface area contributed by atoms with Gasteiger partial charge in [0.25, 0.3) is 0 Å². The Bertz CT molecular complexity index is 3210. The van der Waals surface area contributed by atoms with Gasteiger partial charge in [0.05, 0.1) is 11.0 Å². The maximum absolute atomic E-state index is 2.43. The van der Waals surface area contributed by atoms with Gasteiger partial charge in [0.1, 0.15) is 0 Å². The van der Waals surface area contributed by atoms with Gasteiger partial charge in [-0.15, -0.1) is 0 Å². The van der Waals surface area contributed by atoms with Crippen LogP contribution in [-0.4, -0.2) is 4.57 Å². The van der Waals surface area contributed by atoms with Crippen LogP contribution in [0.25, 0.3) is 82.4 Å². The van der Waals surface area contributed by atoms with Crippen molar-refractivity contribution in [3.8, 4) is 39.1 Å². The zero-order chi connectivity index (χ0) is 38.4. The molecule has 0 bridgehead atoms. The molecule has 0 aliphatic heterocycles.